The third-order valence-corrected chi connectivity index (χ3v) is 4.15. The van der Waals surface area contributed by atoms with E-state index >= 15 is 0 Å². The van der Waals surface area contributed by atoms with Crippen LogP contribution in [0.25, 0.3) is 11.1 Å². The normalized spacial score (nSPS) is 10.7. The Morgan fingerprint density at radius 1 is 1.09 bits per heavy atom. The Bertz CT molecular complexity index is 1400. The number of carboxylic acids is 1. The average molecular weight is 491 g/mol. The second-order valence-corrected chi connectivity index (χ2v) is 6.59. The van der Waals surface area contributed by atoms with Crippen LogP contribution in [0.5, 0.6) is 0 Å². The summed E-state index contributed by atoms with van der Waals surface area (Å²) in [4.78, 5) is 43.1. The zero-order valence-electron chi connectivity index (χ0n) is 17.7. The molecule has 35 heavy (non-hydrogen) atoms. The molecule has 0 radical (unpaired) electrons. The predicted octanol–water partition coefficient (Wildman–Crippen LogP) is 3.82. The van der Waals surface area contributed by atoms with Gasteiger partial charge in [0, 0.05) is 17.6 Å². The van der Waals surface area contributed by atoms with E-state index in [0.717, 1.165) is 5.69 Å². The number of aromatic amines is 1. The largest absolute Gasteiger partial charge is 0.490 e. The lowest BCUT2D eigenvalue weighted by Gasteiger charge is -2.11. The number of hydrogen-bond donors (Lipinski definition) is 4. The third kappa shape index (κ3) is 6.56. The van der Waals surface area contributed by atoms with E-state index in [9.17, 15) is 32.7 Å². The standard InChI is InChI=1S/C18H13N5O4.C3H3F3O2/c24-16(25)12-9-19-17(21-10-4-2-1-3-5-10)23-15(12)20-11-6-7-14-13(8-11)22-18(26)27-14;1-8-2(7)3(4,5)6/h1-9H,(H,22,26)(H,24,25)(H2,19,20,21,23);1H3. The molecular weight excluding hydrogens is 475 g/mol. The molecule has 2 aromatic carbocycles. The predicted molar refractivity (Wildman–Crippen MR) is 117 cm³/mol. The Labute approximate surface area is 193 Å². The van der Waals surface area contributed by atoms with Gasteiger partial charge in [-0.25, -0.2) is 19.4 Å². The van der Waals surface area contributed by atoms with E-state index in [1.54, 1.807) is 18.2 Å². The van der Waals surface area contributed by atoms with E-state index in [1.165, 1.54) is 6.20 Å². The Balaban J connectivity index is 0.000000371. The number of methoxy groups -OCH3 is 1. The molecule has 0 spiro atoms. The number of carbonyl (C=O) groups is 2. The number of anilines is 4. The van der Waals surface area contributed by atoms with Crippen molar-refractivity contribution in [1.82, 2.24) is 15.0 Å². The van der Waals surface area contributed by atoms with Gasteiger partial charge in [0.2, 0.25) is 5.95 Å². The lowest BCUT2D eigenvalue weighted by molar-refractivity contribution is -0.196. The quantitative estimate of drug-likeness (QED) is 0.302. The third-order valence-electron chi connectivity index (χ3n) is 4.15. The molecular formula is C21H16F3N5O6. The van der Waals surface area contributed by atoms with Crippen LogP contribution < -0.4 is 16.4 Å². The van der Waals surface area contributed by atoms with E-state index in [2.05, 4.69) is 30.3 Å². The molecule has 0 aliphatic carbocycles. The van der Waals surface area contributed by atoms with Crippen molar-refractivity contribution in [2.75, 3.05) is 17.7 Å². The monoisotopic (exact) mass is 491 g/mol. The van der Waals surface area contributed by atoms with Gasteiger partial charge in [0.1, 0.15) is 5.56 Å². The van der Waals surface area contributed by atoms with Gasteiger partial charge in [0.15, 0.2) is 11.4 Å². The maximum absolute atomic E-state index is 11.5. The number of fused-ring (bicyclic) bond motifs is 1. The van der Waals surface area contributed by atoms with Gasteiger partial charge < -0.3 is 24.9 Å². The van der Waals surface area contributed by atoms with Crippen molar-refractivity contribution in [2.45, 2.75) is 6.18 Å². The summed E-state index contributed by atoms with van der Waals surface area (Å²) < 4.78 is 41.2. The van der Waals surface area contributed by atoms with Crippen molar-refractivity contribution in [2.24, 2.45) is 0 Å². The zero-order chi connectivity index (χ0) is 25.6. The summed E-state index contributed by atoms with van der Waals surface area (Å²) in [5.74, 6) is -3.54. The number of para-hydroxylation sites is 1. The van der Waals surface area contributed by atoms with E-state index < -0.39 is 23.9 Å². The number of aromatic carboxylic acids is 1. The molecule has 0 unspecified atom stereocenters. The number of carboxylic acid groups (broad SMARTS) is 1. The number of halogens is 3. The molecule has 0 saturated heterocycles. The molecule has 0 bridgehead atoms. The number of nitrogens with zero attached hydrogens (tertiary/aromatic N) is 2. The summed E-state index contributed by atoms with van der Waals surface area (Å²) in [6.45, 7) is 0. The molecule has 2 heterocycles. The van der Waals surface area contributed by atoms with Crippen LogP contribution in [0.4, 0.5) is 36.3 Å². The highest BCUT2D eigenvalue weighted by Crippen LogP contribution is 2.23. The van der Waals surface area contributed by atoms with Gasteiger partial charge in [-0.15, -0.1) is 0 Å². The Hall–Kier alpha value is -4.88. The van der Waals surface area contributed by atoms with E-state index in [-0.39, 0.29) is 17.3 Å². The Morgan fingerprint density at radius 3 is 2.40 bits per heavy atom. The smallest absolute Gasteiger partial charge is 0.477 e. The fourth-order valence-corrected chi connectivity index (χ4v) is 2.63. The van der Waals surface area contributed by atoms with E-state index in [1.807, 2.05) is 30.3 Å². The number of nitrogens with one attached hydrogen (secondary N) is 3. The number of oxazole rings is 1. The molecule has 2 aromatic heterocycles. The van der Waals surface area contributed by atoms with Gasteiger partial charge in [0.25, 0.3) is 0 Å². The number of aromatic nitrogens is 3. The summed E-state index contributed by atoms with van der Waals surface area (Å²) in [5.41, 5.74) is 2.10. The number of carbonyl (C=O) groups excluding carboxylic acids is 1. The minimum absolute atomic E-state index is 0.0885. The van der Waals surface area contributed by atoms with Crippen molar-refractivity contribution in [3.63, 3.8) is 0 Å². The summed E-state index contributed by atoms with van der Waals surface area (Å²) >= 11 is 0. The average Bonchev–Trinajstić information content (AvgIpc) is 3.18. The van der Waals surface area contributed by atoms with Gasteiger partial charge in [-0.3, -0.25) is 4.98 Å². The van der Waals surface area contributed by atoms with Crippen LogP contribution in [0.15, 0.2) is 63.9 Å². The van der Waals surface area contributed by atoms with Crippen molar-refractivity contribution in [3.05, 3.63) is 70.8 Å². The van der Waals surface area contributed by atoms with Crippen molar-refractivity contribution in [1.29, 1.82) is 0 Å². The fourth-order valence-electron chi connectivity index (χ4n) is 2.63. The Morgan fingerprint density at radius 2 is 1.80 bits per heavy atom. The van der Waals surface area contributed by atoms with Crippen molar-refractivity contribution < 1.29 is 37.0 Å². The summed E-state index contributed by atoms with van der Waals surface area (Å²) in [6.07, 6.45) is -3.63. The van der Waals surface area contributed by atoms with E-state index in [4.69, 9.17) is 4.42 Å². The maximum Gasteiger partial charge on any atom is 0.490 e. The van der Waals surface area contributed by atoms with Crippen LogP contribution in [-0.2, 0) is 9.53 Å². The number of rotatable bonds is 5. The summed E-state index contributed by atoms with van der Waals surface area (Å²) in [5, 5.41) is 15.4. The van der Waals surface area contributed by atoms with Crippen LogP contribution in [0, 0.1) is 0 Å². The van der Waals surface area contributed by atoms with Crippen molar-refractivity contribution >= 4 is 46.2 Å². The number of hydrogen-bond acceptors (Lipinski definition) is 9. The van der Waals surface area contributed by atoms with E-state index in [0.29, 0.717) is 23.9 Å². The van der Waals surface area contributed by atoms with Crippen LogP contribution in [0.2, 0.25) is 0 Å². The molecule has 0 saturated carbocycles. The molecule has 0 aliphatic heterocycles. The maximum atomic E-state index is 11.5. The van der Waals surface area contributed by atoms with Crippen LogP contribution in [0.3, 0.4) is 0 Å². The first-order valence-electron chi connectivity index (χ1n) is 9.54. The van der Waals surface area contributed by atoms with Crippen molar-refractivity contribution in [3.8, 4) is 0 Å². The topological polar surface area (TPSA) is 159 Å². The highest BCUT2D eigenvalue weighted by atomic mass is 19.4. The number of H-pyrrole nitrogens is 1. The SMILES string of the molecule is COC(=O)C(F)(F)F.O=C(O)c1cnc(Nc2ccccc2)nc1Nc1ccc2oc(=O)[nH]c2c1. The Kier molecular flexibility index (Phi) is 7.34. The molecule has 0 amide bonds. The summed E-state index contributed by atoms with van der Waals surface area (Å²) in [7, 11) is 0.676. The van der Waals surface area contributed by atoms with Gasteiger partial charge >= 0.3 is 23.9 Å². The van der Waals surface area contributed by atoms with Gasteiger partial charge in [-0.2, -0.15) is 18.2 Å². The molecule has 0 fully saturated rings. The second kappa shape index (κ2) is 10.4. The minimum Gasteiger partial charge on any atom is -0.477 e. The molecule has 4 rings (SSSR count). The molecule has 4 N–H and O–H groups in total. The van der Waals surface area contributed by atoms with Crippen LogP contribution >= 0.6 is 0 Å². The first-order valence-corrected chi connectivity index (χ1v) is 9.54. The summed E-state index contributed by atoms with van der Waals surface area (Å²) in [6, 6.07) is 14.1. The number of ether oxygens (including phenoxy) is 1. The molecule has 182 valence electrons. The minimum atomic E-state index is -4.85. The fraction of sp³-hybridized carbons (Fsp3) is 0.0952. The highest BCUT2D eigenvalue weighted by Gasteiger charge is 2.40. The van der Waals surface area contributed by atoms with Gasteiger partial charge in [0.05, 0.1) is 12.6 Å². The first-order chi connectivity index (χ1) is 16.6. The lowest BCUT2D eigenvalue weighted by Crippen LogP contribution is -2.23. The van der Waals surface area contributed by atoms with Gasteiger partial charge in [-0.1, -0.05) is 18.2 Å². The lowest BCUT2D eigenvalue weighted by atomic mass is 10.2. The zero-order valence-corrected chi connectivity index (χ0v) is 17.7. The molecule has 4 aromatic rings. The number of alkyl halides is 3. The van der Waals surface area contributed by atoms with Crippen LogP contribution in [-0.4, -0.2) is 45.3 Å². The molecule has 11 nitrogen and oxygen atoms in total. The van der Waals surface area contributed by atoms with Gasteiger partial charge in [-0.05, 0) is 30.3 Å². The molecule has 14 heteroatoms. The number of esters is 1. The number of benzene rings is 2. The highest BCUT2D eigenvalue weighted by molar-refractivity contribution is 5.94. The molecule has 0 aliphatic rings. The second-order valence-electron chi connectivity index (χ2n) is 6.59. The van der Waals surface area contributed by atoms with Crippen LogP contribution in [0.1, 0.15) is 10.4 Å². The first kappa shape index (κ1) is 24.8. The molecule has 0 atom stereocenters.